The predicted octanol–water partition coefficient (Wildman–Crippen LogP) is 5.42. The molecule has 138 valence electrons. The third-order valence-corrected chi connectivity index (χ3v) is 5.11. The van der Waals surface area contributed by atoms with Gasteiger partial charge in [-0.3, -0.25) is 0 Å². The summed E-state index contributed by atoms with van der Waals surface area (Å²) in [4.78, 5) is 12.4. The van der Waals surface area contributed by atoms with E-state index in [4.69, 9.17) is 9.47 Å². The number of hydrogen-bond donors (Lipinski definition) is 0. The minimum Gasteiger partial charge on any atom is -0.494 e. The van der Waals surface area contributed by atoms with Gasteiger partial charge in [-0.25, -0.2) is 4.79 Å². The average Bonchev–Trinajstić information content (AvgIpc) is 3.27. The smallest absolute Gasteiger partial charge is 0.340 e. The molecule has 28 heavy (non-hydrogen) atoms. The molecular formula is C24H19NO3. The lowest BCUT2D eigenvalue weighted by molar-refractivity contribution is 0.0335. The Labute approximate surface area is 162 Å². The molecule has 0 radical (unpaired) electrons. The van der Waals surface area contributed by atoms with Gasteiger partial charge in [-0.2, -0.15) is 0 Å². The van der Waals surface area contributed by atoms with Gasteiger partial charge in [0.05, 0.1) is 23.4 Å². The van der Waals surface area contributed by atoms with E-state index in [1.165, 1.54) is 0 Å². The van der Waals surface area contributed by atoms with Crippen LogP contribution in [0.3, 0.4) is 0 Å². The molecule has 0 N–H and O–H groups in total. The lowest BCUT2D eigenvalue weighted by atomic mass is 10.1. The van der Waals surface area contributed by atoms with E-state index in [0.29, 0.717) is 12.2 Å². The fourth-order valence-corrected chi connectivity index (χ4v) is 3.86. The Bertz CT molecular complexity index is 1170. The van der Waals surface area contributed by atoms with Crippen molar-refractivity contribution in [2.75, 3.05) is 6.61 Å². The third-order valence-electron chi connectivity index (χ3n) is 5.11. The highest BCUT2D eigenvalue weighted by Gasteiger charge is 2.33. The summed E-state index contributed by atoms with van der Waals surface area (Å²) in [7, 11) is 0. The standard InChI is InChI=1S/C24H19NO3/c1-2-27-18-13-11-16(12-14-18)22-15-17-7-3-6-10-21(17)25(22)23-19-8-4-5-9-20(19)24(26)28-23/h3-15,23H,2H2,1H3. The molecular weight excluding hydrogens is 350 g/mol. The number of rotatable bonds is 4. The number of para-hydroxylation sites is 1. The van der Waals surface area contributed by atoms with E-state index in [1.54, 1.807) is 0 Å². The summed E-state index contributed by atoms with van der Waals surface area (Å²) in [5.41, 5.74) is 4.59. The molecule has 0 saturated heterocycles. The lowest BCUT2D eigenvalue weighted by Gasteiger charge is -2.18. The SMILES string of the molecule is CCOc1ccc(-c2cc3ccccc3n2C2OC(=O)c3ccccc32)cc1. The van der Waals surface area contributed by atoms with E-state index in [-0.39, 0.29) is 5.97 Å². The molecule has 1 unspecified atom stereocenters. The first-order chi connectivity index (χ1) is 13.8. The van der Waals surface area contributed by atoms with Crippen LogP contribution in [-0.2, 0) is 4.74 Å². The molecule has 5 rings (SSSR count). The molecule has 1 aromatic heterocycles. The van der Waals surface area contributed by atoms with Crippen LogP contribution in [0, 0.1) is 0 Å². The van der Waals surface area contributed by atoms with E-state index in [2.05, 4.69) is 22.8 Å². The summed E-state index contributed by atoms with van der Waals surface area (Å²) >= 11 is 0. The van der Waals surface area contributed by atoms with E-state index >= 15 is 0 Å². The van der Waals surface area contributed by atoms with Crippen molar-refractivity contribution in [3.8, 4) is 17.0 Å². The quantitative estimate of drug-likeness (QED) is 0.451. The fourth-order valence-electron chi connectivity index (χ4n) is 3.86. The van der Waals surface area contributed by atoms with Crippen molar-refractivity contribution < 1.29 is 14.3 Å². The van der Waals surface area contributed by atoms with Gasteiger partial charge in [-0.1, -0.05) is 36.4 Å². The van der Waals surface area contributed by atoms with Crippen LogP contribution in [0.15, 0.2) is 78.9 Å². The molecule has 3 aromatic carbocycles. The highest BCUT2D eigenvalue weighted by atomic mass is 16.6. The highest BCUT2D eigenvalue weighted by molar-refractivity contribution is 5.95. The van der Waals surface area contributed by atoms with Gasteiger partial charge in [-0.05, 0) is 55.0 Å². The van der Waals surface area contributed by atoms with Gasteiger partial charge < -0.3 is 14.0 Å². The predicted molar refractivity (Wildman–Crippen MR) is 109 cm³/mol. The normalized spacial score (nSPS) is 15.5. The van der Waals surface area contributed by atoms with Crippen LogP contribution in [0.25, 0.3) is 22.2 Å². The number of ether oxygens (including phenoxy) is 2. The summed E-state index contributed by atoms with van der Waals surface area (Å²) in [6.07, 6.45) is -0.481. The summed E-state index contributed by atoms with van der Waals surface area (Å²) in [5, 5.41) is 1.10. The largest absolute Gasteiger partial charge is 0.494 e. The minimum atomic E-state index is -0.481. The molecule has 0 spiro atoms. The van der Waals surface area contributed by atoms with Gasteiger partial charge in [0, 0.05) is 10.9 Å². The first kappa shape index (κ1) is 16.6. The molecule has 0 amide bonds. The maximum Gasteiger partial charge on any atom is 0.340 e. The van der Waals surface area contributed by atoms with Gasteiger partial charge in [0.25, 0.3) is 0 Å². The van der Waals surface area contributed by atoms with Gasteiger partial charge in [0.1, 0.15) is 5.75 Å². The number of carbonyl (C=O) groups excluding carboxylic acids is 1. The van der Waals surface area contributed by atoms with Gasteiger partial charge in [-0.15, -0.1) is 0 Å². The monoisotopic (exact) mass is 369 g/mol. The van der Waals surface area contributed by atoms with Crippen molar-refractivity contribution in [1.29, 1.82) is 0 Å². The second-order valence-electron chi connectivity index (χ2n) is 6.76. The lowest BCUT2D eigenvalue weighted by Crippen LogP contribution is -2.11. The van der Waals surface area contributed by atoms with Gasteiger partial charge >= 0.3 is 5.97 Å². The summed E-state index contributed by atoms with van der Waals surface area (Å²) in [6.45, 7) is 2.60. The minimum absolute atomic E-state index is 0.281. The Morgan fingerprint density at radius 3 is 2.54 bits per heavy atom. The first-order valence-electron chi connectivity index (χ1n) is 9.39. The molecule has 0 bridgehead atoms. The van der Waals surface area contributed by atoms with E-state index < -0.39 is 6.23 Å². The van der Waals surface area contributed by atoms with Gasteiger partial charge in [0.2, 0.25) is 6.23 Å². The Kier molecular flexibility index (Phi) is 3.90. The van der Waals surface area contributed by atoms with Crippen molar-refractivity contribution in [2.24, 2.45) is 0 Å². The van der Waals surface area contributed by atoms with Crippen LogP contribution >= 0.6 is 0 Å². The molecule has 4 heteroatoms. The van der Waals surface area contributed by atoms with Crippen molar-refractivity contribution in [3.63, 3.8) is 0 Å². The number of esters is 1. The molecule has 1 aliphatic rings. The topological polar surface area (TPSA) is 40.5 Å². The number of hydrogen-bond acceptors (Lipinski definition) is 3. The molecule has 0 aliphatic carbocycles. The van der Waals surface area contributed by atoms with Crippen molar-refractivity contribution in [3.05, 3.63) is 90.0 Å². The van der Waals surface area contributed by atoms with E-state index in [9.17, 15) is 4.79 Å². The number of fused-ring (bicyclic) bond motifs is 2. The van der Waals surface area contributed by atoms with Crippen molar-refractivity contribution >= 4 is 16.9 Å². The van der Waals surface area contributed by atoms with Crippen LogP contribution in [0.4, 0.5) is 0 Å². The number of benzene rings is 3. The number of cyclic esters (lactones) is 1. The molecule has 4 nitrogen and oxygen atoms in total. The Balaban J connectivity index is 1.71. The second-order valence-corrected chi connectivity index (χ2v) is 6.76. The van der Waals surface area contributed by atoms with Crippen molar-refractivity contribution in [2.45, 2.75) is 13.2 Å². The molecule has 1 atom stereocenters. The molecule has 2 heterocycles. The Morgan fingerprint density at radius 1 is 0.964 bits per heavy atom. The van der Waals surface area contributed by atoms with E-state index in [1.807, 2.05) is 67.6 Å². The summed E-state index contributed by atoms with van der Waals surface area (Å²) in [6, 6.07) is 25.9. The average molecular weight is 369 g/mol. The molecule has 0 saturated carbocycles. The third kappa shape index (κ3) is 2.57. The van der Waals surface area contributed by atoms with Crippen LogP contribution in [0.5, 0.6) is 5.75 Å². The van der Waals surface area contributed by atoms with Crippen LogP contribution in [0.1, 0.15) is 29.1 Å². The summed E-state index contributed by atoms with van der Waals surface area (Å²) < 4.78 is 13.5. The van der Waals surface area contributed by atoms with Gasteiger partial charge in [0.15, 0.2) is 0 Å². The molecule has 0 fully saturated rings. The molecule has 1 aliphatic heterocycles. The zero-order valence-corrected chi connectivity index (χ0v) is 15.5. The second kappa shape index (κ2) is 6.57. The van der Waals surface area contributed by atoms with Crippen LogP contribution in [-0.4, -0.2) is 17.1 Å². The number of nitrogens with zero attached hydrogens (tertiary/aromatic N) is 1. The van der Waals surface area contributed by atoms with E-state index in [0.717, 1.165) is 33.5 Å². The first-order valence-corrected chi connectivity index (χ1v) is 9.39. The summed E-state index contributed by atoms with van der Waals surface area (Å²) in [5.74, 6) is 0.558. The number of aromatic nitrogens is 1. The fraction of sp³-hybridized carbons (Fsp3) is 0.125. The van der Waals surface area contributed by atoms with Crippen LogP contribution < -0.4 is 4.74 Å². The highest BCUT2D eigenvalue weighted by Crippen LogP contribution is 2.39. The van der Waals surface area contributed by atoms with Crippen molar-refractivity contribution in [1.82, 2.24) is 4.57 Å². The zero-order valence-electron chi connectivity index (χ0n) is 15.5. The Morgan fingerprint density at radius 2 is 1.71 bits per heavy atom. The maximum absolute atomic E-state index is 12.4. The number of carbonyl (C=O) groups is 1. The zero-order chi connectivity index (χ0) is 19.1. The Hall–Kier alpha value is -3.53. The maximum atomic E-state index is 12.4. The van der Waals surface area contributed by atoms with Crippen LogP contribution in [0.2, 0.25) is 0 Å². The molecule has 4 aromatic rings.